The molecule has 0 amide bonds. The Labute approximate surface area is 86.5 Å². The molecule has 1 aromatic rings. The molecule has 1 aromatic heterocycles. The predicted molar refractivity (Wildman–Crippen MR) is 56.9 cm³/mol. The van der Waals surface area contributed by atoms with E-state index in [9.17, 15) is 0 Å². The summed E-state index contributed by atoms with van der Waals surface area (Å²) in [5.41, 5.74) is 1.03. The van der Waals surface area contributed by atoms with Gasteiger partial charge in [-0.15, -0.1) is 0 Å². The van der Waals surface area contributed by atoms with Crippen LogP contribution in [0.25, 0.3) is 0 Å². The monoisotopic (exact) mass is 244 g/mol. The standard InChI is InChI=1S/C9H13BrN2O/c1-2-12(3-4-13)9-5-8(10)6-11-7-9/h5-7,13H,2-4H2,1H3. The average Bonchev–Trinajstić information content (AvgIpc) is 2.14. The van der Waals surface area contributed by atoms with Crippen molar-refractivity contribution in [2.75, 3.05) is 24.6 Å². The fourth-order valence-electron chi connectivity index (χ4n) is 1.16. The number of aliphatic hydroxyl groups excluding tert-OH is 1. The molecule has 0 bridgehead atoms. The zero-order chi connectivity index (χ0) is 9.68. The van der Waals surface area contributed by atoms with Crippen LogP contribution in [-0.2, 0) is 0 Å². The maximum atomic E-state index is 8.82. The second-order valence-corrected chi connectivity index (χ2v) is 3.58. The lowest BCUT2D eigenvalue weighted by Gasteiger charge is -2.21. The van der Waals surface area contributed by atoms with E-state index < -0.39 is 0 Å². The molecule has 0 saturated carbocycles. The van der Waals surface area contributed by atoms with Crippen molar-refractivity contribution in [1.29, 1.82) is 0 Å². The van der Waals surface area contributed by atoms with Crippen LogP contribution in [0.5, 0.6) is 0 Å². The minimum atomic E-state index is 0.167. The van der Waals surface area contributed by atoms with Crippen LogP contribution in [0.15, 0.2) is 22.9 Å². The highest BCUT2D eigenvalue weighted by atomic mass is 79.9. The molecule has 0 aromatic carbocycles. The topological polar surface area (TPSA) is 36.4 Å². The Balaban J connectivity index is 2.78. The molecule has 0 radical (unpaired) electrons. The van der Waals surface area contributed by atoms with Gasteiger partial charge in [-0.1, -0.05) is 0 Å². The number of pyridine rings is 1. The van der Waals surface area contributed by atoms with Crippen molar-refractivity contribution in [3.8, 4) is 0 Å². The molecule has 13 heavy (non-hydrogen) atoms. The van der Waals surface area contributed by atoms with Gasteiger partial charge in [-0.25, -0.2) is 0 Å². The Morgan fingerprint density at radius 3 is 2.85 bits per heavy atom. The van der Waals surface area contributed by atoms with Crippen LogP contribution >= 0.6 is 15.9 Å². The van der Waals surface area contributed by atoms with Gasteiger partial charge in [-0.2, -0.15) is 0 Å². The summed E-state index contributed by atoms with van der Waals surface area (Å²) >= 11 is 3.36. The highest BCUT2D eigenvalue weighted by molar-refractivity contribution is 9.10. The zero-order valence-corrected chi connectivity index (χ0v) is 9.16. The largest absolute Gasteiger partial charge is 0.395 e. The van der Waals surface area contributed by atoms with Crippen LogP contribution in [0.3, 0.4) is 0 Å². The van der Waals surface area contributed by atoms with E-state index in [0.29, 0.717) is 6.54 Å². The van der Waals surface area contributed by atoms with E-state index in [0.717, 1.165) is 16.7 Å². The number of hydrogen-bond donors (Lipinski definition) is 1. The molecule has 0 fully saturated rings. The molecule has 0 aliphatic rings. The lowest BCUT2D eigenvalue weighted by molar-refractivity contribution is 0.302. The van der Waals surface area contributed by atoms with E-state index in [-0.39, 0.29) is 6.61 Å². The summed E-state index contributed by atoms with van der Waals surface area (Å²) in [6.07, 6.45) is 3.54. The third-order valence-electron chi connectivity index (χ3n) is 1.81. The molecular formula is C9H13BrN2O. The first-order chi connectivity index (χ1) is 6.27. The molecule has 1 N–H and O–H groups in total. The third kappa shape index (κ3) is 2.97. The molecule has 0 aliphatic heterocycles. The number of hydrogen-bond acceptors (Lipinski definition) is 3. The molecule has 0 saturated heterocycles. The average molecular weight is 245 g/mol. The van der Waals surface area contributed by atoms with Gasteiger partial charge < -0.3 is 10.0 Å². The summed E-state index contributed by atoms with van der Waals surface area (Å²) < 4.78 is 0.960. The van der Waals surface area contributed by atoms with Gasteiger partial charge in [0.2, 0.25) is 0 Å². The van der Waals surface area contributed by atoms with E-state index in [1.54, 1.807) is 12.4 Å². The molecule has 3 nitrogen and oxygen atoms in total. The molecule has 0 atom stereocenters. The normalized spacial score (nSPS) is 10.1. The Kier molecular flexibility index (Phi) is 4.18. The van der Waals surface area contributed by atoms with E-state index in [1.165, 1.54) is 0 Å². The van der Waals surface area contributed by atoms with Crippen LogP contribution in [-0.4, -0.2) is 29.8 Å². The highest BCUT2D eigenvalue weighted by Crippen LogP contribution is 2.17. The number of aliphatic hydroxyl groups is 1. The second kappa shape index (κ2) is 5.19. The fourth-order valence-corrected chi connectivity index (χ4v) is 1.52. The highest BCUT2D eigenvalue weighted by Gasteiger charge is 2.03. The maximum absolute atomic E-state index is 8.82. The van der Waals surface area contributed by atoms with Crippen molar-refractivity contribution < 1.29 is 5.11 Å². The first-order valence-electron chi connectivity index (χ1n) is 4.24. The molecule has 0 unspecified atom stereocenters. The summed E-state index contributed by atoms with van der Waals surface area (Å²) in [6, 6.07) is 1.99. The van der Waals surface area contributed by atoms with E-state index in [2.05, 4.69) is 32.7 Å². The molecule has 0 spiro atoms. The fraction of sp³-hybridized carbons (Fsp3) is 0.444. The number of halogens is 1. The lowest BCUT2D eigenvalue weighted by atomic mass is 10.3. The summed E-state index contributed by atoms with van der Waals surface area (Å²) in [5.74, 6) is 0. The smallest absolute Gasteiger partial charge is 0.0606 e. The quantitative estimate of drug-likeness (QED) is 0.876. The summed E-state index contributed by atoms with van der Waals surface area (Å²) in [4.78, 5) is 6.13. The Bertz CT molecular complexity index is 268. The van der Waals surface area contributed by atoms with Crippen molar-refractivity contribution >= 4 is 21.6 Å². The van der Waals surface area contributed by atoms with Gasteiger partial charge in [-0.05, 0) is 28.9 Å². The zero-order valence-electron chi connectivity index (χ0n) is 7.57. The van der Waals surface area contributed by atoms with Gasteiger partial charge in [0.1, 0.15) is 0 Å². The minimum absolute atomic E-state index is 0.167. The van der Waals surface area contributed by atoms with Crippen molar-refractivity contribution in [1.82, 2.24) is 4.98 Å². The Morgan fingerprint density at radius 2 is 2.31 bits per heavy atom. The first-order valence-corrected chi connectivity index (χ1v) is 5.03. The van der Waals surface area contributed by atoms with Gasteiger partial charge >= 0.3 is 0 Å². The third-order valence-corrected chi connectivity index (χ3v) is 2.24. The van der Waals surface area contributed by atoms with Crippen molar-refractivity contribution in [2.45, 2.75) is 6.92 Å². The number of nitrogens with zero attached hydrogens (tertiary/aromatic N) is 2. The molecule has 72 valence electrons. The molecule has 1 rings (SSSR count). The van der Waals surface area contributed by atoms with Crippen molar-refractivity contribution in [3.05, 3.63) is 22.9 Å². The van der Waals surface area contributed by atoms with Crippen LogP contribution in [0.4, 0.5) is 5.69 Å². The summed E-state index contributed by atoms with van der Waals surface area (Å²) in [6.45, 7) is 3.74. The minimum Gasteiger partial charge on any atom is -0.395 e. The lowest BCUT2D eigenvalue weighted by Crippen LogP contribution is -2.26. The van der Waals surface area contributed by atoms with Crippen molar-refractivity contribution in [2.24, 2.45) is 0 Å². The van der Waals surface area contributed by atoms with Crippen LogP contribution in [0, 0.1) is 0 Å². The van der Waals surface area contributed by atoms with Gasteiger partial charge in [0.15, 0.2) is 0 Å². The number of anilines is 1. The van der Waals surface area contributed by atoms with Crippen LogP contribution in [0.2, 0.25) is 0 Å². The van der Waals surface area contributed by atoms with E-state index in [4.69, 9.17) is 5.11 Å². The SMILES string of the molecule is CCN(CCO)c1cncc(Br)c1. The van der Waals surface area contributed by atoms with Crippen molar-refractivity contribution in [3.63, 3.8) is 0 Å². The summed E-state index contributed by atoms with van der Waals surface area (Å²) in [5, 5.41) is 8.82. The van der Waals surface area contributed by atoms with Gasteiger partial charge in [0, 0.05) is 23.8 Å². The number of aromatic nitrogens is 1. The van der Waals surface area contributed by atoms with Gasteiger partial charge in [0.25, 0.3) is 0 Å². The van der Waals surface area contributed by atoms with Gasteiger partial charge in [-0.3, -0.25) is 4.98 Å². The van der Waals surface area contributed by atoms with E-state index in [1.807, 2.05) is 6.07 Å². The molecule has 4 heteroatoms. The Morgan fingerprint density at radius 1 is 1.54 bits per heavy atom. The number of rotatable bonds is 4. The molecular weight excluding hydrogens is 232 g/mol. The van der Waals surface area contributed by atoms with Crippen LogP contribution in [0.1, 0.15) is 6.92 Å². The second-order valence-electron chi connectivity index (χ2n) is 2.66. The first kappa shape index (κ1) is 10.5. The molecule has 0 aliphatic carbocycles. The predicted octanol–water partition coefficient (Wildman–Crippen LogP) is 1.66. The number of likely N-dealkylation sites (N-methyl/N-ethyl adjacent to an activating group) is 1. The Hall–Kier alpha value is -0.610. The van der Waals surface area contributed by atoms with Crippen LogP contribution < -0.4 is 4.90 Å². The maximum Gasteiger partial charge on any atom is 0.0606 e. The van der Waals surface area contributed by atoms with Gasteiger partial charge in [0.05, 0.1) is 18.5 Å². The van der Waals surface area contributed by atoms with E-state index >= 15 is 0 Å². The molecule has 1 heterocycles. The summed E-state index contributed by atoms with van der Waals surface area (Å²) in [7, 11) is 0.